The summed E-state index contributed by atoms with van der Waals surface area (Å²) in [4.78, 5) is 19.2. The molecule has 0 aliphatic carbocycles. The van der Waals surface area contributed by atoms with Gasteiger partial charge in [0.25, 0.3) is 5.56 Å². The molecule has 4 nitrogen and oxygen atoms in total. The number of aromatic nitrogens is 2. The number of nitrogens with zero attached hydrogens (tertiary/aromatic N) is 1. The van der Waals surface area contributed by atoms with Crippen LogP contribution in [0.3, 0.4) is 0 Å². The maximum Gasteiger partial charge on any atom is 0.259 e. The quantitative estimate of drug-likeness (QED) is 0.640. The molecule has 1 aromatic heterocycles. The number of aromatic hydroxyl groups is 1. The van der Waals surface area contributed by atoms with Gasteiger partial charge < -0.3 is 10.1 Å². The first-order chi connectivity index (χ1) is 9.56. The summed E-state index contributed by atoms with van der Waals surface area (Å²) >= 11 is 2.19. The maximum atomic E-state index is 12.1. The van der Waals surface area contributed by atoms with E-state index < -0.39 is 0 Å². The van der Waals surface area contributed by atoms with Crippen molar-refractivity contribution in [2.24, 2.45) is 0 Å². The van der Waals surface area contributed by atoms with Gasteiger partial charge >= 0.3 is 0 Å². The van der Waals surface area contributed by atoms with E-state index in [2.05, 4.69) is 32.6 Å². The Labute approximate surface area is 128 Å². The van der Waals surface area contributed by atoms with E-state index in [-0.39, 0.29) is 11.3 Å². The second-order valence-electron chi connectivity index (χ2n) is 4.55. The molecule has 0 bridgehead atoms. The summed E-state index contributed by atoms with van der Waals surface area (Å²) in [7, 11) is 0. The van der Waals surface area contributed by atoms with Crippen LogP contribution in [0, 0.1) is 10.5 Å². The first-order valence-corrected chi connectivity index (χ1v) is 7.12. The van der Waals surface area contributed by atoms with E-state index in [1.54, 1.807) is 24.3 Å². The fraction of sp³-hybridized carbons (Fsp3) is 0.0667. The third kappa shape index (κ3) is 2.18. The van der Waals surface area contributed by atoms with Gasteiger partial charge in [-0.05, 0) is 59.3 Å². The number of rotatable bonds is 1. The topological polar surface area (TPSA) is 66.0 Å². The van der Waals surface area contributed by atoms with Crippen molar-refractivity contribution in [2.75, 3.05) is 0 Å². The number of hydrogen-bond donors (Lipinski definition) is 2. The Morgan fingerprint density at radius 2 is 2.00 bits per heavy atom. The number of phenols is 1. The summed E-state index contributed by atoms with van der Waals surface area (Å²) in [6.07, 6.45) is 0. The Balaban J connectivity index is 2.30. The molecule has 0 aliphatic rings. The predicted octanol–water partition coefficient (Wildman–Crippen LogP) is 3.21. The molecule has 5 heteroatoms. The molecule has 2 aromatic carbocycles. The van der Waals surface area contributed by atoms with E-state index in [1.165, 1.54) is 0 Å². The van der Waals surface area contributed by atoms with Gasteiger partial charge in [0, 0.05) is 3.57 Å². The summed E-state index contributed by atoms with van der Waals surface area (Å²) in [5.41, 5.74) is 1.92. The first kappa shape index (κ1) is 13.1. The SMILES string of the molecule is Cc1cc(O)c(-c2nc3ccccc3c(=O)[nH]2)cc1I. The second-order valence-corrected chi connectivity index (χ2v) is 5.71. The van der Waals surface area contributed by atoms with Gasteiger partial charge in [-0.2, -0.15) is 0 Å². The average molecular weight is 378 g/mol. The summed E-state index contributed by atoms with van der Waals surface area (Å²) in [5.74, 6) is 0.491. The third-order valence-electron chi connectivity index (χ3n) is 3.14. The molecule has 100 valence electrons. The zero-order valence-electron chi connectivity index (χ0n) is 10.6. The van der Waals surface area contributed by atoms with Gasteiger partial charge in [0.05, 0.1) is 16.5 Å². The Morgan fingerprint density at radius 1 is 1.25 bits per heavy atom. The molecule has 0 aliphatic heterocycles. The summed E-state index contributed by atoms with van der Waals surface area (Å²) in [6, 6.07) is 10.6. The smallest absolute Gasteiger partial charge is 0.259 e. The highest BCUT2D eigenvalue weighted by Crippen LogP contribution is 2.30. The Morgan fingerprint density at radius 3 is 2.80 bits per heavy atom. The Hall–Kier alpha value is -1.89. The van der Waals surface area contributed by atoms with Crippen molar-refractivity contribution in [3.8, 4) is 17.1 Å². The van der Waals surface area contributed by atoms with Crippen molar-refractivity contribution in [1.82, 2.24) is 9.97 Å². The molecule has 2 N–H and O–H groups in total. The normalized spacial score (nSPS) is 10.9. The molecule has 0 spiro atoms. The van der Waals surface area contributed by atoms with E-state index in [4.69, 9.17) is 0 Å². The summed E-state index contributed by atoms with van der Waals surface area (Å²) in [6.45, 7) is 1.92. The van der Waals surface area contributed by atoms with Crippen LogP contribution in [0.5, 0.6) is 5.75 Å². The van der Waals surface area contributed by atoms with Crippen molar-refractivity contribution in [3.05, 3.63) is 55.9 Å². The minimum absolute atomic E-state index is 0.112. The molecule has 3 rings (SSSR count). The number of halogens is 1. The number of aryl methyl sites for hydroxylation is 1. The van der Waals surface area contributed by atoms with E-state index in [9.17, 15) is 9.90 Å². The Kier molecular flexibility index (Phi) is 3.21. The second kappa shape index (κ2) is 4.90. The molecule has 0 atom stereocenters. The molecule has 0 fully saturated rings. The highest BCUT2D eigenvalue weighted by atomic mass is 127. The summed E-state index contributed by atoms with van der Waals surface area (Å²) in [5, 5.41) is 10.6. The first-order valence-electron chi connectivity index (χ1n) is 6.05. The van der Waals surface area contributed by atoms with Crippen LogP contribution in [0.25, 0.3) is 22.3 Å². The predicted molar refractivity (Wildman–Crippen MR) is 86.9 cm³/mol. The van der Waals surface area contributed by atoms with Gasteiger partial charge in [-0.15, -0.1) is 0 Å². The van der Waals surface area contributed by atoms with Crippen LogP contribution >= 0.6 is 22.6 Å². The van der Waals surface area contributed by atoms with Crippen LogP contribution in [-0.2, 0) is 0 Å². The van der Waals surface area contributed by atoms with Crippen LogP contribution in [0.1, 0.15) is 5.56 Å². The lowest BCUT2D eigenvalue weighted by Crippen LogP contribution is -2.09. The van der Waals surface area contributed by atoms with Crippen LogP contribution in [0.15, 0.2) is 41.2 Å². The van der Waals surface area contributed by atoms with E-state index in [1.807, 2.05) is 19.1 Å². The fourth-order valence-corrected chi connectivity index (χ4v) is 2.54. The van der Waals surface area contributed by atoms with E-state index >= 15 is 0 Å². The van der Waals surface area contributed by atoms with E-state index in [0.717, 1.165) is 9.13 Å². The monoisotopic (exact) mass is 378 g/mol. The highest BCUT2D eigenvalue weighted by molar-refractivity contribution is 14.1. The molecule has 0 radical (unpaired) electrons. The van der Waals surface area contributed by atoms with Crippen LogP contribution in [0.2, 0.25) is 0 Å². The molecule has 0 saturated heterocycles. The number of benzene rings is 2. The number of hydrogen-bond acceptors (Lipinski definition) is 3. The van der Waals surface area contributed by atoms with E-state index in [0.29, 0.717) is 22.3 Å². The van der Waals surface area contributed by atoms with Gasteiger partial charge in [-0.1, -0.05) is 12.1 Å². The van der Waals surface area contributed by atoms with Crippen molar-refractivity contribution in [1.29, 1.82) is 0 Å². The average Bonchev–Trinajstić information content (AvgIpc) is 2.43. The minimum atomic E-state index is -0.208. The maximum absolute atomic E-state index is 12.1. The van der Waals surface area contributed by atoms with Crippen molar-refractivity contribution >= 4 is 33.5 Å². The fourth-order valence-electron chi connectivity index (χ4n) is 2.07. The minimum Gasteiger partial charge on any atom is -0.507 e. The third-order valence-corrected chi connectivity index (χ3v) is 4.31. The highest BCUT2D eigenvalue weighted by Gasteiger charge is 2.11. The summed E-state index contributed by atoms with van der Waals surface area (Å²) < 4.78 is 1.01. The van der Waals surface area contributed by atoms with Gasteiger partial charge in [0.15, 0.2) is 0 Å². The molecule has 0 unspecified atom stereocenters. The molecule has 20 heavy (non-hydrogen) atoms. The number of H-pyrrole nitrogens is 1. The number of nitrogens with one attached hydrogen (secondary N) is 1. The number of fused-ring (bicyclic) bond motifs is 1. The van der Waals surface area contributed by atoms with Crippen LogP contribution < -0.4 is 5.56 Å². The zero-order chi connectivity index (χ0) is 14.3. The molecule has 3 aromatic rings. The van der Waals surface area contributed by atoms with Gasteiger partial charge in [0.1, 0.15) is 11.6 Å². The lowest BCUT2D eigenvalue weighted by Gasteiger charge is -2.08. The zero-order valence-corrected chi connectivity index (χ0v) is 12.8. The number of phenolic OH excluding ortho intramolecular Hbond substituents is 1. The van der Waals surface area contributed by atoms with Gasteiger partial charge in [0.2, 0.25) is 0 Å². The van der Waals surface area contributed by atoms with Crippen molar-refractivity contribution in [3.63, 3.8) is 0 Å². The van der Waals surface area contributed by atoms with Crippen LogP contribution in [0.4, 0.5) is 0 Å². The molecule has 0 amide bonds. The standard InChI is InChI=1S/C15H11IN2O2/c1-8-6-13(19)10(7-11(8)16)14-17-12-5-3-2-4-9(12)15(20)18-14/h2-7,19H,1H3,(H,17,18,20). The molecule has 0 saturated carbocycles. The number of aromatic amines is 1. The van der Waals surface area contributed by atoms with Crippen molar-refractivity contribution < 1.29 is 5.11 Å². The largest absolute Gasteiger partial charge is 0.507 e. The molecular formula is C15H11IN2O2. The lowest BCUT2D eigenvalue weighted by atomic mass is 10.1. The molecular weight excluding hydrogens is 367 g/mol. The van der Waals surface area contributed by atoms with Crippen LogP contribution in [-0.4, -0.2) is 15.1 Å². The lowest BCUT2D eigenvalue weighted by molar-refractivity contribution is 0.476. The van der Waals surface area contributed by atoms with Gasteiger partial charge in [-0.25, -0.2) is 4.98 Å². The molecule has 1 heterocycles. The number of para-hydroxylation sites is 1. The Bertz CT molecular complexity index is 871. The van der Waals surface area contributed by atoms with Gasteiger partial charge in [-0.3, -0.25) is 4.79 Å². The van der Waals surface area contributed by atoms with Crippen molar-refractivity contribution in [2.45, 2.75) is 6.92 Å².